The largest absolute Gasteiger partial charge is 0.291 e. The lowest BCUT2D eigenvalue weighted by molar-refractivity contribution is -0.0687. The predicted molar refractivity (Wildman–Crippen MR) is 67.3 cm³/mol. The Kier molecular flexibility index (Phi) is 2.51. The third kappa shape index (κ3) is 1.58. The van der Waals surface area contributed by atoms with Crippen LogP contribution in [0.25, 0.3) is 0 Å². The Balaban J connectivity index is 1.74. The van der Waals surface area contributed by atoms with Crippen molar-refractivity contribution in [2.75, 3.05) is 0 Å². The summed E-state index contributed by atoms with van der Waals surface area (Å²) in [4.78, 5) is 2.75. The van der Waals surface area contributed by atoms with Gasteiger partial charge in [-0.2, -0.15) is 0 Å². The molecule has 0 radical (unpaired) electrons. The van der Waals surface area contributed by atoms with Gasteiger partial charge in [-0.25, -0.2) is 0 Å². The molecule has 1 heterocycles. The standard InChI is InChI=1S/C15H21N/c1-13-11-15(9-5-6-10-15)16(13)12-14-7-3-2-4-8-14/h2-4,7-8,13H,5-6,9-12H2,1H3. The van der Waals surface area contributed by atoms with Gasteiger partial charge in [0.15, 0.2) is 0 Å². The smallest absolute Gasteiger partial charge is 0.0242 e. The van der Waals surface area contributed by atoms with Gasteiger partial charge in [0.25, 0.3) is 0 Å². The first-order chi connectivity index (χ1) is 7.80. The molecule has 2 fully saturated rings. The topological polar surface area (TPSA) is 3.24 Å². The van der Waals surface area contributed by atoms with Crippen LogP contribution < -0.4 is 0 Å². The zero-order valence-electron chi connectivity index (χ0n) is 10.2. The molecule has 0 aromatic heterocycles. The Morgan fingerprint density at radius 2 is 1.88 bits per heavy atom. The molecule has 1 unspecified atom stereocenters. The second kappa shape index (κ2) is 3.89. The van der Waals surface area contributed by atoms with E-state index in [2.05, 4.69) is 42.2 Å². The van der Waals surface area contributed by atoms with Crippen molar-refractivity contribution >= 4 is 0 Å². The second-order valence-corrected chi connectivity index (χ2v) is 5.60. The summed E-state index contributed by atoms with van der Waals surface area (Å²) in [6.45, 7) is 3.54. The zero-order valence-corrected chi connectivity index (χ0v) is 10.2. The van der Waals surface area contributed by atoms with Crippen LogP contribution in [0.1, 0.15) is 44.6 Å². The number of rotatable bonds is 2. The summed E-state index contributed by atoms with van der Waals surface area (Å²) in [6, 6.07) is 11.7. The first kappa shape index (κ1) is 10.3. The predicted octanol–water partition coefficient (Wildman–Crippen LogP) is 3.59. The van der Waals surface area contributed by atoms with E-state index in [0.29, 0.717) is 5.54 Å². The summed E-state index contributed by atoms with van der Waals surface area (Å²) >= 11 is 0. The molecule has 0 amide bonds. The molecule has 1 aromatic carbocycles. The molecule has 1 aliphatic carbocycles. The fraction of sp³-hybridized carbons (Fsp3) is 0.600. The SMILES string of the molecule is CC1CC2(CCCC2)N1Cc1ccccc1. The van der Waals surface area contributed by atoms with Crippen molar-refractivity contribution in [1.29, 1.82) is 0 Å². The van der Waals surface area contributed by atoms with Gasteiger partial charge in [-0.1, -0.05) is 43.2 Å². The van der Waals surface area contributed by atoms with Crippen molar-refractivity contribution in [3.8, 4) is 0 Å². The van der Waals surface area contributed by atoms with Gasteiger partial charge >= 0.3 is 0 Å². The minimum absolute atomic E-state index is 0.593. The fourth-order valence-electron chi connectivity index (χ4n) is 3.76. The molecule has 86 valence electrons. The van der Waals surface area contributed by atoms with E-state index in [0.717, 1.165) is 12.6 Å². The zero-order chi connectivity index (χ0) is 11.0. The van der Waals surface area contributed by atoms with Gasteiger partial charge < -0.3 is 0 Å². The fourth-order valence-corrected chi connectivity index (χ4v) is 3.76. The summed E-state index contributed by atoms with van der Waals surface area (Å²) in [6.07, 6.45) is 7.18. The molecule has 1 atom stereocenters. The second-order valence-electron chi connectivity index (χ2n) is 5.60. The van der Waals surface area contributed by atoms with Crippen LogP contribution in [0.2, 0.25) is 0 Å². The van der Waals surface area contributed by atoms with E-state index in [4.69, 9.17) is 0 Å². The van der Waals surface area contributed by atoms with Crippen molar-refractivity contribution < 1.29 is 0 Å². The van der Waals surface area contributed by atoms with E-state index in [-0.39, 0.29) is 0 Å². The first-order valence-corrected chi connectivity index (χ1v) is 6.61. The minimum atomic E-state index is 0.593. The molecule has 1 saturated heterocycles. The van der Waals surface area contributed by atoms with Gasteiger partial charge in [-0.3, -0.25) is 4.90 Å². The maximum absolute atomic E-state index is 2.75. The Bertz CT molecular complexity index is 351. The monoisotopic (exact) mass is 215 g/mol. The van der Waals surface area contributed by atoms with Crippen molar-refractivity contribution in [3.63, 3.8) is 0 Å². The number of benzene rings is 1. The third-order valence-electron chi connectivity index (χ3n) is 4.55. The lowest BCUT2D eigenvalue weighted by Gasteiger charge is -2.56. The Morgan fingerprint density at radius 3 is 2.50 bits per heavy atom. The highest BCUT2D eigenvalue weighted by atomic mass is 15.3. The van der Waals surface area contributed by atoms with Crippen molar-refractivity contribution in [3.05, 3.63) is 35.9 Å². The lowest BCUT2D eigenvalue weighted by Crippen LogP contribution is -2.62. The van der Waals surface area contributed by atoms with Crippen LogP contribution in [0.5, 0.6) is 0 Å². The molecule has 1 saturated carbocycles. The highest BCUT2D eigenvalue weighted by Gasteiger charge is 2.50. The maximum atomic E-state index is 2.75. The van der Waals surface area contributed by atoms with Crippen molar-refractivity contribution in [2.45, 2.75) is 57.2 Å². The van der Waals surface area contributed by atoms with Gasteiger partial charge in [0.1, 0.15) is 0 Å². The van der Waals surface area contributed by atoms with Gasteiger partial charge in [0.05, 0.1) is 0 Å². The van der Waals surface area contributed by atoms with Crippen LogP contribution in [0, 0.1) is 0 Å². The molecule has 1 heteroatoms. The molecular weight excluding hydrogens is 194 g/mol. The van der Waals surface area contributed by atoms with Crippen LogP contribution in [0.4, 0.5) is 0 Å². The van der Waals surface area contributed by atoms with E-state index >= 15 is 0 Å². The molecule has 1 aromatic rings. The summed E-state index contributed by atoms with van der Waals surface area (Å²) < 4.78 is 0. The average Bonchev–Trinajstić information content (AvgIpc) is 2.79. The van der Waals surface area contributed by atoms with E-state index in [1.807, 2.05) is 0 Å². The lowest BCUT2D eigenvalue weighted by atomic mass is 9.77. The number of hydrogen-bond donors (Lipinski definition) is 0. The summed E-state index contributed by atoms with van der Waals surface area (Å²) in [5.74, 6) is 0. The molecule has 3 rings (SSSR count). The summed E-state index contributed by atoms with van der Waals surface area (Å²) in [5, 5.41) is 0. The summed E-state index contributed by atoms with van der Waals surface area (Å²) in [5.41, 5.74) is 2.07. The van der Waals surface area contributed by atoms with Gasteiger partial charge in [0.2, 0.25) is 0 Å². The molecule has 0 N–H and O–H groups in total. The van der Waals surface area contributed by atoms with E-state index in [1.165, 1.54) is 37.7 Å². The average molecular weight is 215 g/mol. The van der Waals surface area contributed by atoms with Gasteiger partial charge in [-0.05, 0) is 31.7 Å². The van der Waals surface area contributed by atoms with Crippen LogP contribution in [0.3, 0.4) is 0 Å². The van der Waals surface area contributed by atoms with Crippen molar-refractivity contribution in [2.24, 2.45) is 0 Å². The number of hydrogen-bond acceptors (Lipinski definition) is 1. The van der Waals surface area contributed by atoms with E-state index in [9.17, 15) is 0 Å². The normalized spacial score (nSPS) is 28.2. The quantitative estimate of drug-likeness (QED) is 0.728. The molecule has 0 bridgehead atoms. The molecule has 1 spiro atoms. The Hall–Kier alpha value is -0.820. The van der Waals surface area contributed by atoms with Crippen molar-refractivity contribution in [1.82, 2.24) is 4.90 Å². The molecule has 2 aliphatic rings. The minimum Gasteiger partial charge on any atom is -0.291 e. The van der Waals surface area contributed by atoms with E-state index in [1.54, 1.807) is 0 Å². The molecule has 1 nitrogen and oxygen atoms in total. The van der Waals surface area contributed by atoms with Crippen LogP contribution in [0.15, 0.2) is 30.3 Å². The van der Waals surface area contributed by atoms with Gasteiger partial charge in [0, 0.05) is 18.1 Å². The Morgan fingerprint density at radius 1 is 1.19 bits per heavy atom. The number of nitrogens with zero attached hydrogens (tertiary/aromatic N) is 1. The Labute approximate surface area is 98.5 Å². The number of likely N-dealkylation sites (tertiary alicyclic amines) is 1. The highest BCUT2D eigenvalue weighted by molar-refractivity contribution is 5.17. The highest BCUT2D eigenvalue weighted by Crippen LogP contribution is 2.48. The van der Waals surface area contributed by atoms with Gasteiger partial charge in [-0.15, -0.1) is 0 Å². The molecule has 16 heavy (non-hydrogen) atoms. The third-order valence-corrected chi connectivity index (χ3v) is 4.55. The molecular formula is C15H21N. The van der Waals surface area contributed by atoms with Crippen LogP contribution in [-0.2, 0) is 6.54 Å². The van der Waals surface area contributed by atoms with Crippen LogP contribution >= 0.6 is 0 Å². The van der Waals surface area contributed by atoms with E-state index < -0.39 is 0 Å². The first-order valence-electron chi connectivity index (χ1n) is 6.61. The molecule has 1 aliphatic heterocycles. The van der Waals surface area contributed by atoms with Crippen LogP contribution in [-0.4, -0.2) is 16.5 Å². The summed E-state index contributed by atoms with van der Waals surface area (Å²) in [7, 11) is 0. The maximum Gasteiger partial charge on any atom is 0.0242 e.